The summed E-state index contributed by atoms with van der Waals surface area (Å²) in [5.74, 6) is 1.07. The maximum atomic E-state index is 13.2. The van der Waals surface area contributed by atoms with Gasteiger partial charge in [-0.05, 0) is 55.3 Å². The van der Waals surface area contributed by atoms with E-state index < -0.39 is 10.0 Å². The molecule has 0 N–H and O–H groups in total. The van der Waals surface area contributed by atoms with Crippen molar-refractivity contribution in [3.8, 4) is 11.5 Å². The van der Waals surface area contributed by atoms with Crippen molar-refractivity contribution in [1.82, 2.24) is 9.21 Å². The summed E-state index contributed by atoms with van der Waals surface area (Å²) in [7, 11) is -3.65. The van der Waals surface area contributed by atoms with Gasteiger partial charge in [0.1, 0.15) is 0 Å². The molecule has 4 heterocycles. The molecule has 3 aliphatic heterocycles. The van der Waals surface area contributed by atoms with Gasteiger partial charge >= 0.3 is 0 Å². The van der Waals surface area contributed by atoms with Gasteiger partial charge in [-0.25, -0.2) is 8.42 Å². The quantitative estimate of drug-likeness (QED) is 0.678. The van der Waals surface area contributed by atoms with Crippen LogP contribution in [0, 0.1) is 5.92 Å². The van der Waals surface area contributed by atoms with E-state index in [-0.39, 0.29) is 22.8 Å². The van der Waals surface area contributed by atoms with Gasteiger partial charge in [0.2, 0.25) is 15.9 Å². The molecule has 172 valence electrons. The van der Waals surface area contributed by atoms with Crippen LogP contribution in [-0.4, -0.2) is 56.4 Å². The Labute approximate surface area is 193 Å². The lowest BCUT2D eigenvalue weighted by atomic mass is 9.93. The highest BCUT2D eigenvalue weighted by molar-refractivity contribution is 7.89. The highest BCUT2D eigenvalue weighted by atomic mass is 32.2. The molecule has 2 aromatic rings. The molecule has 32 heavy (non-hydrogen) atoms. The van der Waals surface area contributed by atoms with Crippen LogP contribution in [0.2, 0.25) is 0 Å². The van der Waals surface area contributed by atoms with E-state index in [1.165, 1.54) is 14.7 Å². The minimum Gasteiger partial charge on any atom is -0.490 e. The van der Waals surface area contributed by atoms with Gasteiger partial charge in [0.25, 0.3) is 0 Å². The van der Waals surface area contributed by atoms with Gasteiger partial charge < -0.3 is 14.4 Å². The summed E-state index contributed by atoms with van der Waals surface area (Å²) in [6, 6.07) is 7.00. The molecule has 9 heteroatoms. The lowest BCUT2D eigenvalue weighted by molar-refractivity contribution is -0.139. The van der Waals surface area contributed by atoms with Gasteiger partial charge in [0.05, 0.1) is 24.2 Å². The van der Waals surface area contributed by atoms with Gasteiger partial charge in [-0.1, -0.05) is 0 Å². The number of thiophene rings is 1. The van der Waals surface area contributed by atoms with Crippen LogP contribution in [0.25, 0.3) is 0 Å². The van der Waals surface area contributed by atoms with Gasteiger partial charge in [-0.2, -0.15) is 4.31 Å². The summed E-state index contributed by atoms with van der Waals surface area (Å²) in [6.07, 6.45) is 2.76. The fraction of sp³-hybridized carbons (Fsp3) is 0.522. The number of carbonyl (C=O) groups is 1. The molecule has 1 atom stereocenters. The number of hydrogen-bond acceptors (Lipinski definition) is 6. The first-order valence-electron chi connectivity index (χ1n) is 11.2. The number of carbonyl (C=O) groups excluding carboxylic acids is 1. The van der Waals surface area contributed by atoms with Crippen LogP contribution >= 0.6 is 11.3 Å². The summed E-state index contributed by atoms with van der Waals surface area (Å²) < 4.78 is 39.2. The van der Waals surface area contributed by atoms with Crippen molar-refractivity contribution in [2.45, 2.75) is 43.5 Å². The summed E-state index contributed by atoms with van der Waals surface area (Å²) in [5, 5.41) is 2.10. The Morgan fingerprint density at radius 3 is 2.59 bits per heavy atom. The molecule has 0 saturated carbocycles. The second kappa shape index (κ2) is 8.68. The number of sulfonamides is 1. The first-order chi connectivity index (χ1) is 15.4. The Kier molecular flexibility index (Phi) is 5.90. The summed E-state index contributed by atoms with van der Waals surface area (Å²) in [4.78, 5) is 16.8. The Bertz CT molecular complexity index is 1110. The molecule has 1 saturated heterocycles. The third-order valence-corrected chi connectivity index (χ3v) is 9.61. The first-order valence-corrected chi connectivity index (χ1v) is 13.5. The molecular weight excluding hydrogens is 448 g/mol. The number of rotatable bonds is 3. The highest BCUT2D eigenvalue weighted by Gasteiger charge is 2.37. The maximum Gasteiger partial charge on any atom is 0.243 e. The molecular formula is C23H28N2O5S2. The van der Waals surface area contributed by atoms with E-state index in [9.17, 15) is 13.2 Å². The average molecular weight is 477 g/mol. The zero-order chi connectivity index (χ0) is 22.3. The minimum absolute atomic E-state index is 0.0843. The average Bonchev–Trinajstić information content (AvgIpc) is 3.17. The molecule has 0 aliphatic carbocycles. The number of amides is 1. The fourth-order valence-electron chi connectivity index (χ4n) is 4.84. The lowest BCUT2D eigenvalue weighted by Gasteiger charge is -2.38. The first kappa shape index (κ1) is 21.7. The van der Waals surface area contributed by atoms with E-state index in [4.69, 9.17) is 9.47 Å². The third-order valence-electron chi connectivity index (χ3n) is 6.72. The lowest BCUT2D eigenvalue weighted by Crippen LogP contribution is -2.46. The van der Waals surface area contributed by atoms with Crippen LogP contribution < -0.4 is 9.47 Å². The van der Waals surface area contributed by atoms with Crippen molar-refractivity contribution in [3.63, 3.8) is 0 Å². The maximum absolute atomic E-state index is 13.2. The van der Waals surface area contributed by atoms with Crippen LogP contribution in [-0.2, 0) is 21.2 Å². The van der Waals surface area contributed by atoms with E-state index in [1.807, 2.05) is 4.90 Å². The molecule has 1 fully saturated rings. The molecule has 1 aromatic heterocycles. The van der Waals surface area contributed by atoms with Crippen LogP contribution in [0.4, 0.5) is 0 Å². The molecule has 3 aliphatic rings. The standard InChI is InChI=1S/C23H28N2O5S2/c1-16-19-8-14-31-22(19)7-11-25(16)23(26)17-5-9-24(10-6-17)32(27,28)18-3-4-20-21(15-18)30-13-2-12-29-20/h3-4,8,14-17H,2,5-7,9-13H2,1H3/t16-/m0/s1. The van der Waals surface area contributed by atoms with Gasteiger partial charge in [-0.15, -0.1) is 11.3 Å². The molecule has 5 rings (SSSR count). The van der Waals surface area contributed by atoms with E-state index in [0.29, 0.717) is 50.6 Å². The summed E-state index contributed by atoms with van der Waals surface area (Å²) in [6.45, 7) is 4.59. The van der Waals surface area contributed by atoms with Gasteiger partial charge in [-0.3, -0.25) is 4.79 Å². The molecule has 0 radical (unpaired) electrons. The number of hydrogen-bond donors (Lipinski definition) is 0. The van der Waals surface area contributed by atoms with E-state index >= 15 is 0 Å². The number of nitrogens with zero attached hydrogens (tertiary/aromatic N) is 2. The van der Waals surface area contributed by atoms with Crippen LogP contribution in [0.5, 0.6) is 11.5 Å². The molecule has 0 spiro atoms. The van der Waals surface area contributed by atoms with Crippen LogP contribution in [0.3, 0.4) is 0 Å². The predicted molar refractivity (Wildman–Crippen MR) is 122 cm³/mol. The SMILES string of the molecule is C[C@H]1c2ccsc2CCN1C(=O)C1CCN(S(=O)(=O)c2ccc3c(c2)OCCCO3)CC1. The number of piperidine rings is 1. The number of ether oxygens (including phenoxy) is 2. The zero-order valence-electron chi connectivity index (χ0n) is 18.2. The largest absolute Gasteiger partial charge is 0.490 e. The predicted octanol–water partition coefficient (Wildman–Crippen LogP) is 3.46. The normalized spacial score (nSPS) is 22.3. The minimum atomic E-state index is -3.65. The van der Waals surface area contributed by atoms with E-state index in [0.717, 1.165) is 19.4 Å². The van der Waals surface area contributed by atoms with Crippen LogP contribution in [0.1, 0.15) is 42.7 Å². The van der Waals surface area contributed by atoms with Crippen molar-refractivity contribution in [1.29, 1.82) is 0 Å². The zero-order valence-corrected chi connectivity index (χ0v) is 19.8. The number of fused-ring (bicyclic) bond motifs is 2. The van der Waals surface area contributed by atoms with Crippen molar-refractivity contribution < 1.29 is 22.7 Å². The Morgan fingerprint density at radius 1 is 1.06 bits per heavy atom. The molecule has 7 nitrogen and oxygen atoms in total. The molecule has 1 amide bonds. The fourth-order valence-corrected chi connectivity index (χ4v) is 7.29. The van der Waals surface area contributed by atoms with E-state index in [1.54, 1.807) is 29.5 Å². The van der Waals surface area contributed by atoms with Crippen molar-refractivity contribution in [2.75, 3.05) is 32.8 Å². The molecule has 0 bridgehead atoms. The molecule has 0 unspecified atom stereocenters. The third kappa shape index (κ3) is 3.91. The smallest absolute Gasteiger partial charge is 0.243 e. The molecule has 1 aromatic carbocycles. The van der Waals surface area contributed by atoms with Crippen molar-refractivity contribution >= 4 is 27.3 Å². The summed E-state index contributed by atoms with van der Waals surface area (Å²) in [5.41, 5.74) is 1.25. The summed E-state index contributed by atoms with van der Waals surface area (Å²) >= 11 is 1.76. The Balaban J connectivity index is 1.25. The van der Waals surface area contributed by atoms with Crippen molar-refractivity contribution in [2.24, 2.45) is 5.92 Å². The number of benzene rings is 1. The van der Waals surface area contributed by atoms with Crippen LogP contribution in [0.15, 0.2) is 34.5 Å². The second-order valence-corrected chi connectivity index (χ2v) is 11.5. The second-order valence-electron chi connectivity index (χ2n) is 8.59. The highest BCUT2D eigenvalue weighted by Crippen LogP contribution is 2.36. The topological polar surface area (TPSA) is 76.2 Å². The Hall–Kier alpha value is -2.10. The van der Waals surface area contributed by atoms with Gasteiger partial charge in [0, 0.05) is 42.9 Å². The van der Waals surface area contributed by atoms with Crippen molar-refractivity contribution in [3.05, 3.63) is 40.1 Å². The van der Waals surface area contributed by atoms with Gasteiger partial charge in [0.15, 0.2) is 11.5 Å². The monoisotopic (exact) mass is 476 g/mol. The Morgan fingerprint density at radius 2 is 1.81 bits per heavy atom. The van der Waals surface area contributed by atoms with E-state index in [2.05, 4.69) is 18.4 Å².